The van der Waals surface area contributed by atoms with Crippen molar-refractivity contribution in [1.82, 2.24) is 20.6 Å². The zero-order chi connectivity index (χ0) is 15.4. The number of nitrogens with zero attached hydrogens (tertiary/aromatic N) is 1. The van der Waals surface area contributed by atoms with E-state index in [0.717, 1.165) is 0 Å². The molecule has 0 aliphatic rings. The highest BCUT2D eigenvalue weighted by molar-refractivity contribution is 5.81. The second-order valence-electron chi connectivity index (χ2n) is 5.30. The third-order valence-electron chi connectivity index (χ3n) is 3.06. The molecule has 3 N–H and O–H groups in total. The van der Waals surface area contributed by atoms with Crippen LogP contribution in [0.3, 0.4) is 0 Å². The molecule has 1 aromatic carbocycles. The van der Waals surface area contributed by atoms with E-state index in [0.29, 0.717) is 23.3 Å². The summed E-state index contributed by atoms with van der Waals surface area (Å²) in [6, 6.07) is 6.91. The van der Waals surface area contributed by atoms with Gasteiger partial charge in [-0.05, 0) is 32.9 Å². The Morgan fingerprint density at radius 2 is 2.00 bits per heavy atom. The van der Waals surface area contributed by atoms with Crippen molar-refractivity contribution in [3.8, 4) is 0 Å². The highest BCUT2D eigenvalue weighted by Crippen LogP contribution is 2.05. The van der Waals surface area contributed by atoms with E-state index in [1.807, 2.05) is 19.9 Å². The number of hydrogen-bond acceptors (Lipinski definition) is 4. The number of aromatic amines is 1. The zero-order valence-corrected chi connectivity index (χ0v) is 12.4. The van der Waals surface area contributed by atoms with Crippen LogP contribution in [0.25, 0.3) is 10.9 Å². The smallest absolute Gasteiger partial charge is 0.258 e. The van der Waals surface area contributed by atoms with Gasteiger partial charge in [0, 0.05) is 6.04 Å². The SMILES string of the molecule is CC(C)NC(=O)C(C)NCc1nc2ccccc2c(=O)[nH]1. The van der Waals surface area contributed by atoms with E-state index in [-0.39, 0.29) is 23.6 Å². The minimum absolute atomic E-state index is 0.0758. The number of nitrogens with one attached hydrogen (secondary N) is 3. The summed E-state index contributed by atoms with van der Waals surface area (Å²) >= 11 is 0. The summed E-state index contributed by atoms with van der Waals surface area (Å²) in [5, 5.41) is 6.44. The van der Waals surface area contributed by atoms with Crippen molar-refractivity contribution in [3.63, 3.8) is 0 Å². The summed E-state index contributed by atoms with van der Waals surface area (Å²) in [6.07, 6.45) is 0. The molecule has 0 saturated heterocycles. The van der Waals surface area contributed by atoms with Crippen LogP contribution >= 0.6 is 0 Å². The predicted octanol–water partition coefficient (Wildman–Crippen LogP) is 0.926. The summed E-state index contributed by atoms with van der Waals surface area (Å²) in [4.78, 5) is 30.8. The normalized spacial score (nSPS) is 12.6. The minimum Gasteiger partial charge on any atom is -0.353 e. The van der Waals surface area contributed by atoms with Gasteiger partial charge in [-0.25, -0.2) is 4.98 Å². The van der Waals surface area contributed by atoms with Crippen LogP contribution in [-0.2, 0) is 11.3 Å². The van der Waals surface area contributed by atoms with Gasteiger partial charge in [-0.3, -0.25) is 14.9 Å². The number of benzene rings is 1. The first-order chi connectivity index (χ1) is 9.97. The van der Waals surface area contributed by atoms with Gasteiger partial charge >= 0.3 is 0 Å². The molecule has 0 aliphatic heterocycles. The molecule has 2 aromatic rings. The topological polar surface area (TPSA) is 86.9 Å². The number of aromatic nitrogens is 2. The van der Waals surface area contributed by atoms with E-state index in [1.54, 1.807) is 25.1 Å². The molecule has 0 fully saturated rings. The van der Waals surface area contributed by atoms with E-state index < -0.39 is 0 Å². The van der Waals surface area contributed by atoms with Gasteiger partial charge in [0.1, 0.15) is 5.82 Å². The van der Waals surface area contributed by atoms with E-state index in [1.165, 1.54) is 0 Å². The molecule has 6 heteroatoms. The predicted molar refractivity (Wildman–Crippen MR) is 81.9 cm³/mol. The molecule has 21 heavy (non-hydrogen) atoms. The maximum Gasteiger partial charge on any atom is 0.258 e. The molecule has 2 rings (SSSR count). The second kappa shape index (κ2) is 6.49. The Kier molecular flexibility index (Phi) is 4.70. The standard InChI is InChI=1S/C15H20N4O2/c1-9(2)17-14(20)10(3)16-8-13-18-12-7-5-4-6-11(12)15(21)19-13/h4-7,9-10,16H,8H2,1-3H3,(H,17,20)(H,18,19,21). The van der Waals surface area contributed by atoms with Gasteiger partial charge in [0.25, 0.3) is 5.56 Å². The highest BCUT2D eigenvalue weighted by Gasteiger charge is 2.13. The largest absolute Gasteiger partial charge is 0.353 e. The summed E-state index contributed by atoms with van der Waals surface area (Å²) in [5.74, 6) is 0.441. The number of hydrogen-bond donors (Lipinski definition) is 3. The average Bonchev–Trinajstić information content (AvgIpc) is 2.44. The molecular weight excluding hydrogens is 268 g/mol. The Hall–Kier alpha value is -2.21. The highest BCUT2D eigenvalue weighted by atomic mass is 16.2. The molecule has 1 heterocycles. The van der Waals surface area contributed by atoms with E-state index in [2.05, 4.69) is 20.6 Å². The van der Waals surface area contributed by atoms with Crippen molar-refractivity contribution in [2.75, 3.05) is 0 Å². The van der Waals surface area contributed by atoms with Gasteiger partial charge in [-0.15, -0.1) is 0 Å². The van der Waals surface area contributed by atoms with Crippen LogP contribution in [0.15, 0.2) is 29.1 Å². The lowest BCUT2D eigenvalue weighted by atomic mass is 10.2. The summed E-state index contributed by atoms with van der Waals surface area (Å²) in [5.41, 5.74) is 0.481. The zero-order valence-electron chi connectivity index (χ0n) is 12.4. The fourth-order valence-corrected chi connectivity index (χ4v) is 1.97. The van der Waals surface area contributed by atoms with Crippen LogP contribution in [0, 0.1) is 0 Å². The molecule has 6 nitrogen and oxygen atoms in total. The number of carbonyl (C=O) groups is 1. The Morgan fingerprint density at radius 3 is 2.71 bits per heavy atom. The first-order valence-electron chi connectivity index (χ1n) is 6.99. The first kappa shape index (κ1) is 15.2. The van der Waals surface area contributed by atoms with Gasteiger partial charge in [-0.2, -0.15) is 0 Å². The van der Waals surface area contributed by atoms with E-state index >= 15 is 0 Å². The van der Waals surface area contributed by atoms with Crippen LogP contribution in [0.1, 0.15) is 26.6 Å². The number of amides is 1. The summed E-state index contributed by atoms with van der Waals surface area (Å²) in [7, 11) is 0. The fourth-order valence-electron chi connectivity index (χ4n) is 1.97. The van der Waals surface area contributed by atoms with Gasteiger partial charge < -0.3 is 10.3 Å². The number of rotatable bonds is 5. The van der Waals surface area contributed by atoms with Gasteiger partial charge in [0.15, 0.2) is 0 Å². The first-order valence-corrected chi connectivity index (χ1v) is 6.99. The third kappa shape index (κ3) is 3.88. The molecule has 1 unspecified atom stereocenters. The molecule has 0 spiro atoms. The van der Waals surface area contributed by atoms with Crippen LogP contribution < -0.4 is 16.2 Å². The average molecular weight is 288 g/mol. The molecule has 1 atom stereocenters. The molecule has 112 valence electrons. The number of fused-ring (bicyclic) bond motifs is 1. The van der Waals surface area contributed by atoms with Crippen LogP contribution in [0.2, 0.25) is 0 Å². The summed E-state index contributed by atoms with van der Waals surface area (Å²) in [6.45, 7) is 5.92. The Balaban J connectivity index is 2.07. The van der Waals surface area contributed by atoms with Crippen LogP contribution in [0.4, 0.5) is 0 Å². The van der Waals surface area contributed by atoms with Crippen LogP contribution in [0.5, 0.6) is 0 Å². The monoisotopic (exact) mass is 288 g/mol. The van der Waals surface area contributed by atoms with Gasteiger partial charge in [0.05, 0.1) is 23.5 Å². The molecule has 1 aromatic heterocycles. The number of carbonyl (C=O) groups excluding carboxylic acids is 1. The van der Waals surface area contributed by atoms with Crippen molar-refractivity contribution in [2.45, 2.75) is 39.4 Å². The van der Waals surface area contributed by atoms with Crippen molar-refractivity contribution < 1.29 is 4.79 Å². The van der Waals surface area contributed by atoms with Crippen molar-refractivity contribution >= 4 is 16.8 Å². The Morgan fingerprint density at radius 1 is 1.29 bits per heavy atom. The van der Waals surface area contributed by atoms with Crippen LogP contribution in [-0.4, -0.2) is 28.0 Å². The summed E-state index contributed by atoms with van der Waals surface area (Å²) < 4.78 is 0. The van der Waals surface area contributed by atoms with Crippen molar-refractivity contribution in [3.05, 3.63) is 40.4 Å². The Bertz CT molecular complexity index is 693. The lowest BCUT2D eigenvalue weighted by molar-refractivity contribution is -0.123. The lowest BCUT2D eigenvalue weighted by Gasteiger charge is -2.15. The molecule has 0 radical (unpaired) electrons. The number of H-pyrrole nitrogens is 1. The molecule has 0 bridgehead atoms. The van der Waals surface area contributed by atoms with Gasteiger partial charge in [0.2, 0.25) is 5.91 Å². The quantitative estimate of drug-likeness (QED) is 0.763. The van der Waals surface area contributed by atoms with Crippen molar-refractivity contribution in [1.29, 1.82) is 0 Å². The molecule has 0 aliphatic carbocycles. The number of para-hydroxylation sites is 1. The fraction of sp³-hybridized carbons (Fsp3) is 0.400. The van der Waals surface area contributed by atoms with Gasteiger partial charge in [-0.1, -0.05) is 12.1 Å². The second-order valence-corrected chi connectivity index (χ2v) is 5.30. The minimum atomic E-state index is -0.357. The van der Waals surface area contributed by atoms with E-state index in [9.17, 15) is 9.59 Å². The Labute approximate surface area is 123 Å². The van der Waals surface area contributed by atoms with E-state index in [4.69, 9.17) is 0 Å². The molecule has 0 saturated carbocycles. The van der Waals surface area contributed by atoms with Crippen molar-refractivity contribution in [2.24, 2.45) is 0 Å². The molecular formula is C15H20N4O2. The third-order valence-corrected chi connectivity index (χ3v) is 3.06. The molecule has 1 amide bonds. The maximum absolute atomic E-state index is 11.9. The lowest BCUT2D eigenvalue weighted by Crippen LogP contribution is -2.44. The maximum atomic E-state index is 11.9.